The lowest BCUT2D eigenvalue weighted by Gasteiger charge is -2.29. The monoisotopic (exact) mass is 766 g/mol. The Kier molecular flexibility index (Phi) is 35.5. The average Bonchev–Trinajstić information content (AvgIpc) is 3.14. The third kappa shape index (κ3) is 33.0. The van der Waals surface area contributed by atoms with E-state index in [0.29, 0.717) is 13.0 Å². The van der Waals surface area contributed by atoms with Crippen LogP contribution in [0, 0.1) is 10.8 Å². The van der Waals surface area contributed by atoms with Crippen LogP contribution in [0.5, 0.6) is 0 Å². The van der Waals surface area contributed by atoms with E-state index in [4.69, 9.17) is 9.47 Å². The van der Waals surface area contributed by atoms with Gasteiger partial charge in [0.15, 0.2) is 0 Å². The predicted octanol–water partition coefficient (Wildman–Crippen LogP) is 13.9. The minimum atomic E-state index is -0.418. The Morgan fingerprint density at radius 2 is 1.02 bits per heavy atom. The molecule has 0 aliphatic rings. The van der Waals surface area contributed by atoms with Crippen molar-refractivity contribution in [2.75, 3.05) is 32.8 Å². The van der Waals surface area contributed by atoms with Crippen LogP contribution in [0.15, 0.2) is 0 Å². The molecule has 0 amide bonds. The molecule has 322 valence electrons. The highest BCUT2D eigenvalue weighted by atomic mass is 16.5. The van der Waals surface area contributed by atoms with Crippen LogP contribution in [0.1, 0.15) is 248 Å². The van der Waals surface area contributed by atoms with E-state index in [1.807, 2.05) is 13.8 Å². The first-order chi connectivity index (χ1) is 26.0. The molecule has 0 bridgehead atoms. The number of aliphatic hydroxyl groups excluding tert-OH is 1. The Morgan fingerprint density at radius 3 is 1.57 bits per heavy atom. The number of hydrogen-bond donors (Lipinski definition) is 1. The van der Waals surface area contributed by atoms with Crippen LogP contribution in [0.25, 0.3) is 0 Å². The van der Waals surface area contributed by atoms with Gasteiger partial charge in [0, 0.05) is 13.0 Å². The molecule has 0 aliphatic carbocycles. The summed E-state index contributed by atoms with van der Waals surface area (Å²) in [6, 6.07) is 0. The fraction of sp³-hybridized carbons (Fsp3) is 0.958. The smallest absolute Gasteiger partial charge is 0.311 e. The molecule has 0 saturated heterocycles. The van der Waals surface area contributed by atoms with Crippen molar-refractivity contribution < 1.29 is 24.2 Å². The summed E-state index contributed by atoms with van der Waals surface area (Å²) in [5, 5.41) is 9.72. The van der Waals surface area contributed by atoms with Crippen molar-refractivity contribution >= 4 is 11.9 Å². The van der Waals surface area contributed by atoms with E-state index >= 15 is 0 Å². The number of aliphatic hydroxyl groups is 1. The molecule has 0 rings (SSSR count). The molecule has 0 aromatic heterocycles. The van der Waals surface area contributed by atoms with Crippen molar-refractivity contribution in [3.05, 3.63) is 0 Å². The summed E-state index contributed by atoms with van der Waals surface area (Å²) in [6.07, 6.45) is 36.0. The lowest BCUT2D eigenvalue weighted by molar-refractivity contribution is -0.154. The summed E-state index contributed by atoms with van der Waals surface area (Å²) in [5.41, 5.74) is -0.219. The molecule has 6 nitrogen and oxygen atoms in total. The van der Waals surface area contributed by atoms with Crippen molar-refractivity contribution in [1.29, 1.82) is 0 Å². The molecule has 0 saturated carbocycles. The third-order valence-electron chi connectivity index (χ3n) is 11.6. The number of ether oxygens (including phenoxy) is 2. The molecule has 0 radical (unpaired) electrons. The molecular weight excluding hydrogens is 671 g/mol. The van der Waals surface area contributed by atoms with Crippen LogP contribution >= 0.6 is 0 Å². The van der Waals surface area contributed by atoms with Crippen LogP contribution < -0.4 is 0 Å². The average molecular weight is 766 g/mol. The summed E-state index contributed by atoms with van der Waals surface area (Å²) in [5.74, 6) is -0.0393. The number of rotatable bonds is 41. The third-order valence-corrected chi connectivity index (χ3v) is 11.6. The highest BCUT2D eigenvalue weighted by Gasteiger charge is 2.28. The van der Waals surface area contributed by atoms with E-state index in [1.54, 1.807) is 0 Å². The molecule has 0 spiro atoms. The minimum Gasteiger partial charge on any atom is -0.465 e. The van der Waals surface area contributed by atoms with Crippen LogP contribution in [-0.4, -0.2) is 60.9 Å². The van der Waals surface area contributed by atoms with Crippen molar-refractivity contribution in [2.24, 2.45) is 10.8 Å². The summed E-state index contributed by atoms with van der Waals surface area (Å²) in [6.45, 7) is 19.0. The molecule has 6 heteroatoms. The Balaban J connectivity index is 4.35. The number of nitrogens with zero attached hydrogens (tertiary/aromatic N) is 1. The van der Waals surface area contributed by atoms with Gasteiger partial charge < -0.3 is 19.5 Å². The van der Waals surface area contributed by atoms with E-state index in [2.05, 4.69) is 39.5 Å². The molecule has 1 N–H and O–H groups in total. The van der Waals surface area contributed by atoms with Crippen LogP contribution in [0.2, 0.25) is 0 Å². The van der Waals surface area contributed by atoms with Gasteiger partial charge in [-0.3, -0.25) is 9.59 Å². The van der Waals surface area contributed by atoms with E-state index in [-0.39, 0.29) is 30.1 Å². The normalized spacial score (nSPS) is 12.3. The molecule has 54 heavy (non-hydrogen) atoms. The van der Waals surface area contributed by atoms with Gasteiger partial charge in [-0.05, 0) is 96.6 Å². The SMILES string of the molecule is CCCCCCCCCOC(=O)C(C)(C)CCCCCCN(CCO)CCC(C)(C)CCCCC(=O)OC(CCCCCCCC)CCCCCCCC. The summed E-state index contributed by atoms with van der Waals surface area (Å²) >= 11 is 0. The maximum absolute atomic E-state index is 12.9. The first-order valence-electron chi connectivity index (χ1n) is 23.7. The van der Waals surface area contributed by atoms with Gasteiger partial charge in [-0.1, -0.05) is 163 Å². The minimum absolute atomic E-state index is 0.00573. The molecule has 0 aromatic carbocycles. The number of carbonyl (C=O) groups is 2. The van der Waals surface area contributed by atoms with E-state index in [0.717, 1.165) is 103 Å². The molecule has 0 atom stereocenters. The summed E-state index contributed by atoms with van der Waals surface area (Å²) < 4.78 is 11.7. The molecule has 0 heterocycles. The zero-order chi connectivity index (χ0) is 40.2. The van der Waals surface area contributed by atoms with Crippen LogP contribution in [0.3, 0.4) is 0 Å². The van der Waals surface area contributed by atoms with Crippen molar-refractivity contribution in [1.82, 2.24) is 4.90 Å². The Hall–Kier alpha value is -1.14. The number of carbonyl (C=O) groups excluding carboxylic acids is 2. The highest BCUT2D eigenvalue weighted by molar-refractivity contribution is 5.75. The largest absolute Gasteiger partial charge is 0.465 e. The van der Waals surface area contributed by atoms with Gasteiger partial charge in [-0.25, -0.2) is 0 Å². The van der Waals surface area contributed by atoms with Gasteiger partial charge in [0.2, 0.25) is 0 Å². The molecule has 0 unspecified atom stereocenters. The number of unbranched alkanes of at least 4 members (excludes halogenated alkanes) is 20. The van der Waals surface area contributed by atoms with E-state index in [1.165, 1.54) is 109 Å². The summed E-state index contributed by atoms with van der Waals surface area (Å²) in [7, 11) is 0. The van der Waals surface area contributed by atoms with Gasteiger partial charge in [0.05, 0.1) is 18.6 Å². The molecule has 0 fully saturated rings. The molecular formula is C48H95NO5. The Morgan fingerprint density at radius 1 is 0.537 bits per heavy atom. The maximum Gasteiger partial charge on any atom is 0.311 e. The number of hydrogen-bond acceptors (Lipinski definition) is 6. The maximum atomic E-state index is 12.9. The lowest BCUT2D eigenvalue weighted by Crippen LogP contribution is -2.32. The Labute approximate surface area is 337 Å². The fourth-order valence-electron chi connectivity index (χ4n) is 7.52. The van der Waals surface area contributed by atoms with Crippen LogP contribution in [-0.2, 0) is 19.1 Å². The van der Waals surface area contributed by atoms with Gasteiger partial charge in [-0.15, -0.1) is 0 Å². The second-order valence-corrected chi connectivity index (χ2v) is 18.2. The fourth-order valence-corrected chi connectivity index (χ4v) is 7.52. The van der Waals surface area contributed by atoms with Gasteiger partial charge in [0.1, 0.15) is 6.10 Å². The second kappa shape index (κ2) is 36.2. The van der Waals surface area contributed by atoms with E-state index < -0.39 is 5.41 Å². The quantitative estimate of drug-likeness (QED) is 0.0493. The standard InChI is InChI=1S/C48H95NO5/c1-8-11-14-17-20-25-32-43-53-46(52)48(6,7)37-29-23-24-31-39-49(41-42-50)40-38-47(4,5)36-30-28-35-45(51)54-44(33-26-21-18-15-12-9-2)34-27-22-19-16-13-10-3/h44,50H,8-43H2,1-7H3. The zero-order valence-electron chi connectivity index (χ0n) is 37.6. The predicted molar refractivity (Wildman–Crippen MR) is 232 cm³/mol. The topological polar surface area (TPSA) is 76.1 Å². The molecule has 0 aliphatic heterocycles. The van der Waals surface area contributed by atoms with Crippen LogP contribution in [0.4, 0.5) is 0 Å². The zero-order valence-corrected chi connectivity index (χ0v) is 37.6. The first kappa shape index (κ1) is 52.9. The second-order valence-electron chi connectivity index (χ2n) is 18.2. The summed E-state index contributed by atoms with van der Waals surface area (Å²) in [4.78, 5) is 28.0. The first-order valence-corrected chi connectivity index (χ1v) is 23.7. The van der Waals surface area contributed by atoms with Gasteiger partial charge >= 0.3 is 11.9 Å². The van der Waals surface area contributed by atoms with E-state index in [9.17, 15) is 14.7 Å². The van der Waals surface area contributed by atoms with Gasteiger partial charge in [-0.2, -0.15) is 0 Å². The van der Waals surface area contributed by atoms with Crippen molar-refractivity contribution in [3.8, 4) is 0 Å². The lowest BCUT2D eigenvalue weighted by atomic mass is 9.83. The van der Waals surface area contributed by atoms with Gasteiger partial charge in [0.25, 0.3) is 0 Å². The van der Waals surface area contributed by atoms with Crippen molar-refractivity contribution in [2.45, 2.75) is 254 Å². The number of esters is 2. The molecule has 0 aromatic rings. The Bertz CT molecular complexity index is 827. The highest BCUT2D eigenvalue weighted by Crippen LogP contribution is 2.29. The van der Waals surface area contributed by atoms with Crippen molar-refractivity contribution in [3.63, 3.8) is 0 Å².